The first-order valence-corrected chi connectivity index (χ1v) is 2.78. The fourth-order valence-electron chi connectivity index (χ4n) is 0.135. The first-order chi connectivity index (χ1) is 3.77. The molecule has 0 aromatic rings. The average Bonchev–Trinajstić information content (AvgIpc) is 1.72. The Bertz CT molecular complexity index is 87.1. The zero-order valence-electron chi connectivity index (χ0n) is 5.86. The number of nitriles is 1. The standard InChI is InChI=1S/C5H7N.C2H6/c1-5(2)3-4-6;1-2/h1,3H2,2H3;1-2H3. The number of hydrogen-bond acceptors (Lipinski definition) is 1. The second-order valence-corrected chi connectivity index (χ2v) is 1.29. The van der Waals surface area contributed by atoms with Crippen molar-refractivity contribution in [2.45, 2.75) is 27.2 Å². The van der Waals surface area contributed by atoms with Crippen molar-refractivity contribution in [3.63, 3.8) is 0 Å². The maximum atomic E-state index is 7.93. The molecule has 0 aromatic heterocycles. The minimum atomic E-state index is 0.486. The maximum Gasteiger partial charge on any atom is 0.0665 e. The van der Waals surface area contributed by atoms with E-state index in [0.29, 0.717) is 6.42 Å². The van der Waals surface area contributed by atoms with Gasteiger partial charge in [0.15, 0.2) is 0 Å². The van der Waals surface area contributed by atoms with Crippen LogP contribution in [0.4, 0.5) is 0 Å². The molecular weight excluding hydrogens is 98.1 g/mol. The van der Waals surface area contributed by atoms with Crippen molar-refractivity contribution in [3.05, 3.63) is 12.2 Å². The zero-order chi connectivity index (χ0) is 6.99. The Morgan fingerprint density at radius 3 is 2.00 bits per heavy atom. The van der Waals surface area contributed by atoms with E-state index in [9.17, 15) is 0 Å². The minimum absolute atomic E-state index is 0.486. The largest absolute Gasteiger partial charge is 0.198 e. The molecule has 0 radical (unpaired) electrons. The summed E-state index contributed by atoms with van der Waals surface area (Å²) in [6.45, 7) is 9.36. The van der Waals surface area contributed by atoms with Gasteiger partial charge in [0.2, 0.25) is 0 Å². The molecule has 0 aliphatic carbocycles. The van der Waals surface area contributed by atoms with Crippen molar-refractivity contribution < 1.29 is 0 Å². The average molecular weight is 111 g/mol. The molecule has 8 heavy (non-hydrogen) atoms. The molecule has 0 aliphatic rings. The Labute approximate surface area is 51.6 Å². The van der Waals surface area contributed by atoms with Crippen LogP contribution < -0.4 is 0 Å². The molecule has 0 unspecified atom stereocenters. The Morgan fingerprint density at radius 2 is 2.00 bits per heavy atom. The van der Waals surface area contributed by atoms with Crippen LogP contribution in [0, 0.1) is 11.3 Å². The van der Waals surface area contributed by atoms with Gasteiger partial charge in [0.25, 0.3) is 0 Å². The van der Waals surface area contributed by atoms with E-state index in [4.69, 9.17) is 5.26 Å². The third-order valence-corrected chi connectivity index (χ3v) is 0.381. The summed E-state index contributed by atoms with van der Waals surface area (Å²) in [6, 6.07) is 1.97. The molecule has 0 saturated heterocycles. The van der Waals surface area contributed by atoms with Crippen LogP contribution in [0.25, 0.3) is 0 Å². The summed E-state index contributed by atoms with van der Waals surface area (Å²) >= 11 is 0. The summed E-state index contributed by atoms with van der Waals surface area (Å²) in [5, 5.41) is 7.93. The van der Waals surface area contributed by atoms with Crippen LogP contribution in [0.3, 0.4) is 0 Å². The van der Waals surface area contributed by atoms with E-state index >= 15 is 0 Å². The van der Waals surface area contributed by atoms with Gasteiger partial charge in [-0.25, -0.2) is 0 Å². The molecule has 0 amide bonds. The molecule has 1 nitrogen and oxygen atoms in total. The number of hydrogen-bond donors (Lipinski definition) is 0. The highest BCUT2D eigenvalue weighted by Gasteiger charge is 1.74. The van der Waals surface area contributed by atoms with Gasteiger partial charge in [-0.15, -0.1) is 0 Å². The molecule has 0 rings (SSSR count). The Kier molecular flexibility index (Phi) is 12.2. The molecule has 0 bridgehead atoms. The van der Waals surface area contributed by atoms with E-state index in [-0.39, 0.29) is 0 Å². The smallest absolute Gasteiger partial charge is 0.0665 e. The molecule has 0 saturated carbocycles. The van der Waals surface area contributed by atoms with Crippen molar-refractivity contribution in [1.29, 1.82) is 5.26 Å². The van der Waals surface area contributed by atoms with Gasteiger partial charge in [-0.2, -0.15) is 5.26 Å². The monoisotopic (exact) mass is 111 g/mol. The lowest BCUT2D eigenvalue weighted by Crippen LogP contribution is -1.63. The minimum Gasteiger partial charge on any atom is -0.198 e. The number of allylic oxidation sites excluding steroid dienone is 1. The summed E-state index contributed by atoms with van der Waals surface area (Å²) in [5.74, 6) is 0. The molecule has 0 heterocycles. The Balaban J connectivity index is 0. The molecule has 0 aliphatic heterocycles. The van der Waals surface area contributed by atoms with Crippen LogP contribution in [0.15, 0.2) is 12.2 Å². The van der Waals surface area contributed by atoms with Gasteiger partial charge in [-0.1, -0.05) is 26.0 Å². The molecule has 0 atom stereocenters. The first kappa shape index (κ1) is 10.3. The lowest BCUT2D eigenvalue weighted by atomic mass is 10.3. The quantitative estimate of drug-likeness (QED) is 0.477. The highest BCUT2D eigenvalue weighted by atomic mass is 14.2. The van der Waals surface area contributed by atoms with E-state index in [2.05, 4.69) is 6.58 Å². The summed E-state index contributed by atoms with van der Waals surface area (Å²) in [6.07, 6.45) is 0.486. The zero-order valence-corrected chi connectivity index (χ0v) is 5.86. The van der Waals surface area contributed by atoms with E-state index in [1.54, 1.807) is 0 Å². The highest BCUT2D eigenvalue weighted by molar-refractivity contribution is 4.97. The van der Waals surface area contributed by atoms with Crippen molar-refractivity contribution in [1.82, 2.24) is 0 Å². The third-order valence-electron chi connectivity index (χ3n) is 0.381. The van der Waals surface area contributed by atoms with Crippen LogP contribution in [0.2, 0.25) is 0 Å². The maximum absolute atomic E-state index is 7.93. The lowest BCUT2D eigenvalue weighted by Gasteiger charge is -1.77. The first-order valence-electron chi connectivity index (χ1n) is 2.78. The second kappa shape index (κ2) is 9.52. The van der Waals surface area contributed by atoms with Crippen LogP contribution in [0.5, 0.6) is 0 Å². The lowest BCUT2D eigenvalue weighted by molar-refractivity contribution is 1.23. The van der Waals surface area contributed by atoms with Gasteiger partial charge in [0.1, 0.15) is 0 Å². The van der Waals surface area contributed by atoms with Crippen LogP contribution in [-0.2, 0) is 0 Å². The van der Waals surface area contributed by atoms with Crippen molar-refractivity contribution in [3.8, 4) is 6.07 Å². The van der Waals surface area contributed by atoms with Gasteiger partial charge < -0.3 is 0 Å². The van der Waals surface area contributed by atoms with Gasteiger partial charge >= 0.3 is 0 Å². The molecule has 0 spiro atoms. The van der Waals surface area contributed by atoms with E-state index < -0.39 is 0 Å². The Morgan fingerprint density at radius 1 is 1.62 bits per heavy atom. The fourth-order valence-corrected chi connectivity index (χ4v) is 0.135. The highest BCUT2D eigenvalue weighted by Crippen LogP contribution is 1.89. The Hall–Kier alpha value is -0.770. The SMILES string of the molecule is C=C(C)CC#N.CC. The normalized spacial score (nSPS) is 5.75. The second-order valence-electron chi connectivity index (χ2n) is 1.29. The van der Waals surface area contributed by atoms with Crippen LogP contribution in [0.1, 0.15) is 27.2 Å². The van der Waals surface area contributed by atoms with Crippen LogP contribution >= 0.6 is 0 Å². The van der Waals surface area contributed by atoms with E-state index in [1.807, 2.05) is 26.8 Å². The molecular formula is C7H13N. The summed E-state index contributed by atoms with van der Waals surface area (Å²) < 4.78 is 0. The molecule has 46 valence electrons. The van der Waals surface area contributed by atoms with E-state index in [0.717, 1.165) is 5.57 Å². The van der Waals surface area contributed by atoms with Crippen molar-refractivity contribution in [2.75, 3.05) is 0 Å². The summed E-state index contributed by atoms with van der Waals surface area (Å²) in [7, 11) is 0. The summed E-state index contributed by atoms with van der Waals surface area (Å²) in [5.41, 5.74) is 0.928. The molecule has 1 heteroatoms. The van der Waals surface area contributed by atoms with Crippen molar-refractivity contribution in [2.24, 2.45) is 0 Å². The molecule has 0 N–H and O–H groups in total. The topological polar surface area (TPSA) is 23.8 Å². The fraction of sp³-hybridized carbons (Fsp3) is 0.571. The molecule has 0 aromatic carbocycles. The number of nitrogens with zero attached hydrogens (tertiary/aromatic N) is 1. The van der Waals surface area contributed by atoms with Crippen LogP contribution in [-0.4, -0.2) is 0 Å². The van der Waals surface area contributed by atoms with Gasteiger partial charge in [-0.05, 0) is 6.92 Å². The number of rotatable bonds is 1. The molecule has 0 fully saturated rings. The van der Waals surface area contributed by atoms with Gasteiger partial charge in [-0.3, -0.25) is 0 Å². The van der Waals surface area contributed by atoms with Crippen molar-refractivity contribution >= 4 is 0 Å². The van der Waals surface area contributed by atoms with Gasteiger partial charge in [0, 0.05) is 0 Å². The van der Waals surface area contributed by atoms with E-state index in [1.165, 1.54) is 0 Å². The van der Waals surface area contributed by atoms with Gasteiger partial charge in [0.05, 0.1) is 12.5 Å². The predicted octanol–water partition coefficient (Wildman–Crippen LogP) is 2.50. The summed E-state index contributed by atoms with van der Waals surface area (Å²) in [4.78, 5) is 0. The predicted molar refractivity (Wildman–Crippen MR) is 36.4 cm³/mol. The third kappa shape index (κ3) is 18.8.